The van der Waals surface area contributed by atoms with E-state index in [1.54, 1.807) is 25.4 Å². The third-order valence-electron chi connectivity index (χ3n) is 4.53. The quantitative estimate of drug-likeness (QED) is 0.341. The number of nitro groups is 1. The molecule has 0 aliphatic heterocycles. The molecule has 0 N–H and O–H groups in total. The fraction of sp³-hybridized carbons (Fsp3) is 0.150. The molecule has 9 heteroatoms. The van der Waals surface area contributed by atoms with E-state index in [-0.39, 0.29) is 5.69 Å². The number of benzene rings is 2. The average molecular weight is 407 g/mol. The Balaban J connectivity index is 1.75. The van der Waals surface area contributed by atoms with Crippen molar-refractivity contribution in [1.82, 2.24) is 19.7 Å². The third-order valence-corrected chi connectivity index (χ3v) is 5.59. The van der Waals surface area contributed by atoms with Gasteiger partial charge in [0.1, 0.15) is 5.75 Å². The highest BCUT2D eigenvalue weighted by atomic mass is 32.2. The van der Waals surface area contributed by atoms with Gasteiger partial charge in [-0.3, -0.25) is 15.1 Å². The van der Waals surface area contributed by atoms with Gasteiger partial charge < -0.3 is 9.30 Å². The van der Waals surface area contributed by atoms with Gasteiger partial charge in [-0.25, -0.2) is 0 Å². The Labute approximate surface area is 170 Å². The lowest BCUT2D eigenvalue weighted by molar-refractivity contribution is -0.383. The van der Waals surface area contributed by atoms with Gasteiger partial charge in [0, 0.05) is 40.8 Å². The van der Waals surface area contributed by atoms with Gasteiger partial charge in [0.2, 0.25) is 0 Å². The first-order chi connectivity index (χ1) is 14.1. The van der Waals surface area contributed by atoms with Crippen molar-refractivity contribution in [2.24, 2.45) is 0 Å². The summed E-state index contributed by atoms with van der Waals surface area (Å²) in [7, 11) is 1.63. The van der Waals surface area contributed by atoms with Gasteiger partial charge in [-0.1, -0.05) is 0 Å². The Morgan fingerprint density at radius 3 is 2.59 bits per heavy atom. The number of aromatic nitrogens is 4. The first-order valence-electron chi connectivity index (χ1n) is 8.89. The zero-order chi connectivity index (χ0) is 20.4. The fourth-order valence-electron chi connectivity index (χ4n) is 3.10. The monoisotopic (exact) mass is 407 g/mol. The maximum atomic E-state index is 11.3. The van der Waals surface area contributed by atoms with Crippen molar-refractivity contribution in [3.05, 3.63) is 65.0 Å². The van der Waals surface area contributed by atoms with E-state index in [0.29, 0.717) is 17.1 Å². The predicted octanol–water partition coefficient (Wildman–Crippen LogP) is 4.58. The standard InChI is InChI=1S/C20H17N5O3S/c1-3-24-19(13-4-6-14(28-2)7-5-13)22-23-20(24)29-18-9-8-17(25(26)27)16-12-21-11-10-15(16)18/h4-12H,3H2,1-2H3. The highest BCUT2D eigenvalue weighted by Crippen LogP contribution is 2.37. The van der Waals surface area contributed by atoms with E-state index in [1.165, 1.54) is 24.0 Å². The van der Waals surface area contributed by atoms with Crippen LogP contribution >= 0.6 is 11.8 Å². The molecule has 4 aromatic rings. The number of nitro benzene ring substituents is 1. The Morgan fingerprint density at radius 2 is 1.90 bits per heavy atom. The van der Waals surface area contributed by atoms with E-state index in [4.69, 9.17) is 4.74 Å². The van der Waals surface area contributed by atoms with Crippen molar-refractivity contribution in [1.29, 1.82) is 0 Å². The number of nitrogens with zero attached hydrogens (tertiary/aromatic N) is 5. The molecule has 146 valence electrons. The van der Waals surface area contributed by atoms with Crippen molar-refractivity contribution in [3.63, 3.8) is 0 Å². The van der Waals surface area contributed by atoms with E-state index in [9.17, 15) is 10.1 Å². The second-order valence-electron chi connectivity index (χ2n) is 6.14. The molecule has 0 aliphatic rings. The highest BCUT2D eigenvalue weighted by molar-refractivity contribution is 7.99. The first kappa shape index (κ1) is 18.9. The molecular formula is C20H17N5O3S. The van der Waals surface area contributed by atoms with Gasteiger partial charge in [0.15, 0.2) is 11.0 Å². The molecule has 0 radical (unpaired) electrons. The Kier molecular flexibility index (Phi) is 5.13. The second-order valence-corrected chi connectivity index (χ2v) is 7.15. The Hall–Kier alpha value is -3.46. The number of methoxy groups -OCH3 is 1. The van der Waals surface area contributed by atoms with Crippen LogP contribution in [0.3, 0.4) is 0 Å². The molecule has 0 fully saturated rings. The second kappa shape index (κ2) is 7.88. The zero-order valence-corrected chi connectivity index (χ0v) is 16.6. The van der Waals surface area contributed by atoms with Gasteiger partial charge in [-0.05, 0) is 55.1 Å². The van der Waals surface area contributed by atoms with Crippen LogP contribution in [0.2, 0.25) is 0 Å². The highest BCUT2D eigenvalue weighted by Gasteiger charge is 2.18. The first-order valence-corrected chi connectivity index (χ1v) is 9.70. The van der Waals surface area contributed by atoms with Crippen LogP contribution in [0.15, 0.2) is 64.9 Å². The van der Waals surface area contributed by atoms with Crippen LogP contribution in [-0.4, -0.2) is 31.8 Å². The molecule has 0 bridgehead atoms. The normalized spacial score (nSPS) is 11.0. The smallest absolute Gasteiger partial charge is 0.278 e. The van der Waals surface area contributed by atoms with Crippen molar-refractivity contribution in [2.45, 2.75) is 23.5 Å². The summed E-state index contributed by atoms with van der Waals surface area (Å²) in [6.45, 7) is 2.71. The molecule has 0 saturated carbocycles. The number of fused-ring (bicyclic) bond motifs is 1. The van der Waals surface area contributed by atoms with E-state index in [2.05, 4.69) is 15.2 Å². The van der Waals surface area contributed by atoms with Crippen LogP contribution in [0.25, 0.3) is 22.2 Å². The van der Waals surface area contributed by atoms with E-state index in [1.807, 2.05) is 35.8 Å². The topological polar surface area (TPSA) is 96.0 Å². The lowest BCUT2D eigenvalue weighted by atomic mass is 10.1. The molecule has 29 heavy (non-hydrogen) atoms. The number of rotatable bonds is 6. The van der Waals surface area contributed by atoms with E-state index in [0.717, 1.165) is 27.4 Å². The summed E-state index contributed by atoms with van der Waals surface area (Å²) in [5, 5.41) is 22.0. The molecule has 0 aliphatic carbocycles. The summed E-state index contributed by atoms with van der Waals surface area (Å²) in [5.41, 5.74) is 0.970. The molecule has 0 spiro atoms. The molecule has 0 unspecified atom stereocenters. The lowest BCUT2D eigenvalue weighted by Gasteiger charge is -2.09. The van der Waals surface area contributed by atoms with Crippen LogP contribution < -0.4 is 4.74 Å². The van der Waals surface area contributed by atoms with E-state index >= 15 is 0 Å². The lowest BCUT2D eigenvalue weighted by Crippen LogP contribution is -2.00. The third kappa shape index (κ3) is 3.52. The van der Waals surface area contributed by atoms with Crippen LogP contribution in [0.4, 0.5) is 5.69 Å². The van der Waals surface area contributed by atoms with Crippen molar-refractivity contribution in [3.8, 4) is 17.1 Å². The number of hydrogen-bond donors (Lipinski definition) is 0. The van der Waals surface area contributed by atoms with Crippen LogP contribution in [0.1, 0.15) is 6.92 Å². The summed E-state index contributed by atoms with van der Waals surface area (Å²) in [4.78, 5) is 15.8. The van der Waals surface area contributed by atoms with Crippen LogP contribution in [0, 0.1) is 10.1 Å². The molecule has 0 amide bonds. The molecule has 2 heterocycles. The summed E-state index contributed by atoms with van der Waals surface area (Å²) < 4.78 is 7.23. The SMILES string of the molecule is CCn1c(Sc2ccc([N+](=O)[O-])c3cnccc23)nnc1-c1ccc(OC)cc1. The molecule has 4 rings (SSSR count). The molecule has 2 aromatic heterocycles. The van der Waals surface area contributed by atoms with Gasteiger partial charge in [0.05, 0.1) is 17.4 Å². The largest absolute Gasteiger partial charge is 0.497 e. The van der Waals surface area contributed by atoms with Crippen molar-refractivity contribution < 1.29 is 9.66 Å². The number of pyridine rings is 1. The van der Waals surface area contributed by atoms with Gasteiger partial charge >= 0.3 is 0 Å². The Morgan fingerprint density at radius 1 is 1.10 bits per heavy atom. The fourth-order valence-corrected chi connectivity index (χ4v) is 4.13. The average Bonchev–Trinajstić information content (AvgIpc) is 3.16. The minimum atomic E-state index is -0.394. The summed E-state index contributed by atoms with van der Waals surface area (Å²) in [5.74, 6) is 1.53. The zero-order valence-electron chi connectivity index (χ0n) is 15.8. The molecule has 0 saturated heterocycles. The molecule has 0 atom stereocenters. The summed E-state index contributed by atoms with van der Waals surface area (Å²) >= 11 is 1.43. The number of ether oxygens (including phenoxy) is 1. The number of non-ortho nitro benzene ring substituents is 1. The van der Waals surface area contributed by atoms with Crippen molar-refractivity contribution in [2.75, 3.05) is 7.11 Å². The van der Waals surface area contributed by atoms with Gasteiger partial charge in [0.25, 0.3) is 5.69 Å². The molecule has 8 nitrogen and oxygen atoms in total. The van der Waals surface area contributed by atoms with Crippen LogP contribution in [0.5, 0.6) is 5.75 Å². The maximum Gasteiger partial charge on any atom is 0.278 e. The minimum absolute atomic E-state index is 0.0355. The van der Waals surface area contributed by atoms with Gasteiger partial charge in [-0.15, -0.1) is 10.2 Å². The maximum absolute atomic E-state index is 11.3. The van der Waals surface area contributed by atoms with Crippen LogP contribution in [-0.2, 0) is 6.54 Å². The minimum Gasteiger partial charge on any atom is -0.497 e. The molecule has 2 aromatic carbocycles. The Bertz CT molecular complexity index is 1190. The summed E-state index contributed by atoms with van der Waals surface area (Å²) in [6, 6.07) is 12.7. The molecular weight excluding hydrogens is 390 g/mol. The summed E-state index contributed by atoms with van der Waals surface area (Å²) in [6.07, 6.45) is 3.15. The van der Waals surface area contributed by atoms with Gasteiger partial charge in [-0.2, -0.15) is 0 Å². The number of hydrogen-bond acceptors (Lipinski definition) is 7. The predicted molar refractivity (Wildman–Crippen MR) is 110 cm³/mol. The van der Waals surface area contributed by atoms with Crippen molar-refractivity contribution >= 4 is 28.2 Å². The van der Waals surface area contributed by atoms with E-state index < -0.39 is 4.92 Å².